The summed E-state index contributed by atoms with van der Waals surface area (Å²) in [7, 11) is -16.0. The van der Waals surface area contributed by atoms with Crippen molar-refractivity contribution in [2.75, 3.05) is 0 Å². The number of halogens is 61. The van der Waals surface area contributed by atoms with Gasteiger partial charge in [-0.1, -0.05) is 0 Å². The van der Waals surface area contributed by atoms with Crippen molar-refractivity contribution in [2.24, 2.45) is 0 Å². The minimum atomic E-state index is -0.604. The van der Waals surface area contributed by atoms with Crippen LogP contribution in [0.3, 0.4) is 0 Å². The quantitative estimate of drug-likeness (QED) is 0.0655. The van der Waals surface area contributed by atoms with Crippen molar-refractivity contribution in [1.82, 2.24) is 0 Å². The molecule has 0 fully saturated rings. The van der Waals surface area contributed by atoms with Crippen LogP contribution in [0, 0.1) is 0 Å². The zero-order chi connectivity index (χ0) is 48.5. The van der Waals surface area contributed by atoms with E-state index in [2.05, 4.69) is 577 Å². The summed E-state index contributed by atoms with van der Waals surface area (Å²) in [5, 5.41) is 0. The van der Waals surface area contributed by atoms with Crippen molar-refractivity contribution in [3.8, 4) is 0 Å². The Balaban J connectivity index is 5.68. The normalized spacial score (nSPS) is 18.9. The van der Waals surface area contributed by atoms with Gasteiger partial charge in [-0.3, -0.25) is 0 Å². The monoisotopic (exact) mass is 7740 g/mol. The molecule has 0 aliphatic heterocycles. The number of hydrogen-bond acceptors (Lipinski definition) is 0. The van der Waals surface area contributed by atoms with Crippen LogP contribution in [0.5, 0.6) is 0 Å². The second kappa shape index (κ2) is 63.8. The minimum absolute atomic E-state index is 0.405. The average molecular weight is 7740 g/mol. The molecule has 0 aromatic rings. The van der Waals surface area contributed by atoms with E-state index in [-0.39, 0.29) is 0 Å². The molecule has 428 valence electrons. The van der Waals surface area contributed by atoms with Crippen molar-refractivity contribution in [2.45, 2.75) is 0 Å². The fourth-order valence-electron chi connectivity index (χ4n) is 0.848. The first-order valence-corrected chi connectivity index (χ1v) is 386. The van der Waals surface area contributed by atoms with Crippen LogP contribution in [0.15, 0.2) is 0 Å². The Hall–Kier alpha value is 44.5. The van der Waals surface area contributed by atoms with Crippen molar-refractivity contribution < 1.29 is 13.3 Å². The second-order valence-electron chi connectivity index (χ2n) is 4.75. The van der Waals surface area contributed by atoms with Crippen LogP contribution in [0.2, 0.25) is 0 Å². The fraction of sp³-hybridized carbons (Fsp3) is 0. The van der Waals surface area contributed by atoms with E-state index in [1.165, 1.54) is 0 Å². The Morgan fingerprint density at radius 1 is 0.148 bits per heavy atom. The Labute approximate surface area is 770 Å². The van der Waals surface area contributed by atoms with Gasteiger partial charge in [0.1, 0.15) is 0 Å². The van der Waals surface area contributed by atoms with E-state index < -0.39 is 229 Å². The standard InChI is InChI=1S/I61/c1-32-34(4)36(6)38(8)40(10)42(12)44(14)46(16)48(18)50(20)52(22)54(24)56(26)58(28)60(30)61(31)59(29)57(27)55(25)53(23)51(21)49(19)47(17)45(15)43(13)41(11)39(9)37(7)35(5)33(2)3/q-1. The van der Waals surface area contributed by atoms with Crippen molar-refractivity contribution in [1.29, 1.82) is 0 Å². The molecule has 0 atom stereocenters. The van der Waals surface area contributed by atoms with E-state index in [1.54, 1.807) is 0 Å². The summed E-state index contributed by atoms with van der Waals surface area (Å²) in [5.74, 6) is 0. The van der Waals surface area contributed by atoms with Gasteiger partial charge >= 0.3 is 819 Å². The molecule has 0 aromatic heterocycles. The SMILES string of the molecule is I[I-]I(I)I(I)I(I)I(I)I(I)I(I)I(I)I(I)I(I)I(I)I(I)I(I)I(I)I(I)I(I)I(I)I(I)I(I)I(I)I(I)I(I)I(I)I(I)I(I)I(I)I(I)I(I)I(I)I(I)I. The van der Waals surface area contributed by atoms with Gasteiger partial charge in [0.05, 0.1) is 0 Å². The third kappa shape index (κ3) is 43.7. The molecule has 0 amide bonds. The summed E-state index contributed by atoms with van der Waals surface area (Å²) in [4.78, 5) is 0. The molecule has 0 nitrogen and oxygen atoms in total. The molecule has 0 heterocycles. The Bertz CT molecular complexity index is 1130. The van der Waals surface area contributed by atoms with E-state index >= 15 is 0 Å². The molecular weight excluding hydrogens is 7740 g/mol. The third-order valence-electron chi connectivity index (χ3n) is 2.33. The Kier molecular flexibility index (Phi) is 110. The average Bonchev–Trinajstić information content (AvgIpc) is 3.26. The molecule has 0 N–H and O–H groups in total. The molecule has 0 rings (SSSR count). The first-order chi connectivity index (χ1) is 27.8. The zero-order valence-corrected chi connectivity index (χ0v) is 155. The van der Waals surface area contributed by atoms with Gasteiger partial charge in [-0.15, -0.1) is 0 Å². The molecule has 0 saturated carbocycles. The molecule has 0 aliphatic rings. The van der Waals surface area contributed by atoms with Gasteiger partial charge in [0.15, 0.2) is 0 Å². The number of hydrogen-bond donors (Lipinski definition) is 0. The van der Waals surface area contributed by atoms with Crippen LogP contribution in [-0.2, 0) is 0 Å². The van der Waals surface area contributed by atoms with Crippen LogP contribution in [0.1, 0.15) is 0 Å². The topological polar surface area (TPSA) is 0 Å². The molecule has 0 spiro atoms. The molecule has 0 aliphatic carbocycles. The van der Waals surface area contributed by atoms with Gasteiger partial charge in [-0.2, -0.15) is 0 Å². The van der Waals surface area contributed by atoms with E-state index in [1.807, 2.05) is 0 Å². The molecule has 0 unspecified atom stereocenters. The van der Waals surface area contributed by atoms with Crippen molar-refractivity contribution >= 4 is 806 Å². The molecule has 0 saturated heterocycles. The van der Waals surface area contributed by atoms with Crippen LogP contribution >= 0.6 is 806 Å². The van der Waals surface area contributed by atoms with Crippen LogP contribution in [-0.4, -0.2) is 0 Å². The van der Waals surface area contributed by atoms with Crippen LogP contribution in [0.25, 0.3) is 0 Å². The molecule has 0 aromatic carbocycles. The second-order valence-corrected chi connectivity index (χ2v) is 1430. The van der Waals surface area contributed by atoms with Gasteiger partial charge in [0.2, 0.25) is 0 Å². The van der Waals surface area contributed by atoms with E-state index in [4.69, 9.17) is 0 Å². The maximum atomic E-state index is 3.42. The van der Waals surface area contributed by atoms with E-state index in [9.17, 15) is 0 Å². The summed E-state index contributed by atoms with van der Waals surface area (Å²) in [6.45, 7) is 0. The van der Waals surface area contributed by atoms with Crippen LogP contribution < -0.4 is 13.3 Å². The predicted molar refractivity (Wildman–Crippen MR) is 841 cm³/mol. The first kappa shape index (κ1) is 106. The summed E-state index contributed by atoms with van der Waals surface area (Å²) in [5.41, 5.74) is 0. The van der Waals surface area contributed by atoms with Crippen molar-refractivity contribution in [3.05, 3.63) is 0 Å². The summed E-state index contributed by atoms with van der Waals surface area (Å²) >= 11 is 103. The number of rotatable bonds is 29. The summed E-state index contributed by atoms with van der Waals surface area (Å²) < 4.78 is 0. The van der Waals surface area contributed by atoms with Gasteiger partial charge < -0.3 is 0 Å². The van der Waals surface area contributed by atoms with Gasteiger partial charge in [0, 0.05) is 0 Å². The van der Waals surface area contributed by atoms with Crippen LogP contribution in [0.4, 0.5) is 0 Å². The zero-order valence-electron chi connectivity index (χ0n) is 23.1. The molecule has 0 radical (unpaired) electrons. The molecule has 61 heteroatoms. The van der Waals surface area contributed by atoms with Gasteiger partial charge in [-0.25, -0.2) is 0 Å². The molecule has 61 heavy (non-hydrogen) atoms. The maximum absolute atomic E-state index is 3.42. The Morgan fingerprint density at radius 3 is 0.344 bits per heavy atom. The first-order valence-electron chi connectivity index (χ1n) is 8.57. The fourth-order valence-corrected chi connectivity index (χ4v) is 11500. The van der Waals surface area contributed by atoms with E-state index in [0.717, 1.165) is 0 Å². The third-order valence-corrected chi connectivity index (χ3v) is 4710. The Morgan fingerprint density at radius 2 is 0.246 bits per heavy atom. The van der Waals surface area contributed by atoms with Gasteiger partial charge in [0.25, 0.3) is 0 Å². The predicted octanol–water partition coefficient (Wildman–Crippen LogP) is 50.1. The summed E-state index contributed by atoms with van der Waals surface area (Å²) in [6.07, 6.45) is 0. The van der Waals surface area contributed by atoms with Crippen molar-refractivity contribution in [3.63, 3.8) is 0 Å². The molecular formula is I61-. The van der Waals surface area contributed by atoms with E-state index in [0.29, 0.717) is 13.3 Å². The summed E-state index contributed by atoms with van der Waals surface area (Å²) in [6, 6.07) is 0. The van der Waals surface area contributed by atoms with Gasteiger partial charge in [-0.05, 0) is 0 Å². The molecule has 0 bridgehead atoms.